The summed E-state index contributed by atoms with van der Waals surface area (Å²) in [5.74, 6) is 1.50. The van der Waals surface area contributed by atoms with E-state index in [-0.39, 0.29) is 0 Å². The van der Waals surface area contributed by atoms with Gasteiger partial charge in [-0.15, -0.1) is 0 Å². The van der Waals surface area contributed by atoms with Crippen LogP contribution in [-0.2, 0) is 17.9 Å². The maximum atomic E-state index is 11.8. The number of carboxylic acid groups (broad SMARTS) is 1. The van der Waals surface area contributed by atoms with Gasteiger partial charge in [-0.05, 0) is 91.7 Å². The van der Waals surface area contributed by atoms with Crippen LogP contribution < -0.4 is 14.4 Å². The van der Waals surface area contributed by atoms with Gasteiger partial charge in [-0.2, -0.15) is 0 Å². The second-order valence-electron chi connectivity index (χ2n) is 13.1. The third-order valence-corrected chi connectivity index (χ3v) is 10.4. The Hall–Kier alpha value is -4.53. The van der Waals surface area contributed by atoms with Gasteiger partial charge in [-0.1, -0.05) is 60.5 Å². The number of piperidine rings is 2. The average Bonchev–Trinajstić information content (AvgIpc) is 3.56. The fraction of sp³-hybridized carbons (Fsp3) is 0.350. The predicted octanol–water partition coefficient (Wildman–Crippen LogP) is 8.87. The predicted molar refractivity (Wildman–Crippen MR) is 193 cm³/mol. The van der Waals surface area contributed by atoms with Crippen molar-refractivity contribution in [3.05, 3.63) is 106 Å². The lowest BCUT2D eigenvalue weighted by Crippen LogP contribution is -2.44. The summed E-state index contributed by atoms with van der Waals surface area (Å²) >= 11 is 6.72. The van der Waals surface area contributed by atoms with Crippen LogP contribution in [0.1, 0.15) is 60.6 Å². The van der Waals surface area contributed by atoms with E-state index in [9.17, 15) is 9.90 Å². The molecule has 0 amide bonds. The van der Waals surface area contributed by atoms with Crippen molar-refractivity contribution in [2.75, 3.05) is 31.6 Å². The molecule has 254 valence electrons. The lowest BCUT2D eigenvalue weighted by molar-refractivity contribution is -0.144. The van der Waals surface area contributed by atoms with Crippen LogP contribution in [0.4, 0.5) is 5.69 Å². The van der Waals surface area contributed by atoms with Crippen molar-refractivity contribution in [2.45, 2.75) is 64.1 Å². The third-order valence-electron chi connectivity index (χ3n) is 10.1. The van der Waals surface area contributed by atoms with Crippen LogP contribution in [0.2, 0.25) is 5.02 Å². The van der Waals surface area contributed by atoms with Crippen molar-refractivity contribution in [1.29, 1.82) is 0 Å². The largest absolute Gasteiger partial charge is 0.496 e. The molecule has 1 unspecified atom stereocenters. The van der Waals surface area contributed by atoms with Crippen LogP contribution in [-0.4, -0.2) is 53.7 Å². The van der Waals surface area contributed by atoms with Crippen LogP contribution in [0.3, 0.4) is 0 Å². The molecule has 4 aromatic carbocycles. The van der Waals surface area contributed by atoms with Gasteiger partial charge in [0.15, 0.2) is 11.5 Å². The van der Waals surface area contributed by atoms with Crippen molar-refractivity contribution in [3.8, 4) is 22.6 Å². The Labute approximate surface area is 292 Å². The third kappa shape index (κ3) is 7.12. The Bertz CT molecular complexity index is 1940. The van der Waals surface area contributed by atoms with E-state index in [1.165, 1.54) is 5.69 Å². The summed E-state index contributed by atoms with van der Waals surface area (Å²) in [6.45, 7) is 5.58. The molecule has 9 heteroatoms. The van der Waals surface area contributed by atoms with Crippen molar-refractivity contribution < 1.29 is 23.8 Å². The van der Waals surface area contributed by atoms with Crippen LogP contribution in [0.15, 0.2) is 83.3 Å². The summed E-state index contributed by atoms with van der Waals surface area (Å²) < 4.78 is 18.2. The lowest BCUT2D eigenvalue weighted by atomic mass is 9.96. The molecule has 1 atom stereocenters. The van der Waals surface area contributed by atoms with Gasteiger partial charge in [0.2, 0.25) is 0 Å². The molecule has 0 saturated carbocycles. The fourth-order valence-corrected chi connectivity index (χ4v) is 7.54. The lowest BCUT2D eigenvalue weighted by Gasteiger charge is -2.33. The standard InChI is InChI=1S/C40H42ClN3O5/c1-26-29(25-48-38-23-37(47-2)30(21-33(38)41)24-44-18-7-6-13-35(44)40(45)46)9-8-12-32(26)28-14-15-36-34(22-28)42-39(49-36)27-16-19-43(20-17-27)31-10-4-3-5-11-31/h3-5,8-12,14-15,21-23,27,35H,6-7,13,16-20,24-25H2,1-2H3,(H,45,46). The number of aliphatic carboxylic acids is 1. The second-order valence-corrected chi connectivity index (χ2v) is 13.5. The molecule has 2 fully saturated rings. The molecule has 0 radical (unpaired) electrons. The zero-order chi connectivity index (χ0) is 33.9. The summed E-state index contributed by atoms with van der Waals surface area (Å²) in [6, 6.07) is 26.2. The minimum absolute atomic E-state index is 0.309. The maximum Gasteiger partial charge on any atom is 0.320 e. The van der Waals surface area contributed by atoms with Crippen LogP contribution in [0, 0.1) is 6.92 Å². The van der Waals surface area contributed by atoms with E-state index >= 15 is 0 Å². The van der Waals surface area contributed by atoms with E-state index in [0.717, 1.165) is 90.1 Å². The summed E-state index contributed by atoms with van der Waals surface area (Å²) in [5, 5.41) is 10.2. The highest BCUT2D eigenvalue weighted by Gasteiger charge is 2.29. The fourth-order valence-electron chi connectivity index (χ4n) is 7.30. The highest BCUT2D eigenvalue weighted by Crippen LogP contribution is 2.37. The van der Waals surface area contributed by atoms with Gasteiger partial charge in [-0.3, -0.25) is 9.69 Å². The van der Waals surface area contributed by atoms with E-state index in [2.05, 4.69) is 66.4 Å². The first-order valence-corrected chi connectivity index (χ1v) is 17.5. The highest BCUT2D eigenvalue weighted by molar-refractivity contribution is 6.32. The average molecular weight is 680 g/mol. The zero-order valence-electron chi connectivity index (χ0n) is 28.0. The first-order valence-electron chi connectivity index (χ1n) is 17.1. The van der Waals surface area contributed by atoms with Crippen molar-refractivity contribution in [2.24, 2.45) is 0 Å². The normalized spacial score (nSPS) is 17.4. The number of rotatable bonds is 10. The molecule has 0 spiro atoms. The molecular weight excluding hydrogens is 638 g/mol. The molecule has 7 rings (SSSR count). The van der Waals surface area contributed by atoms with Gasteiger partial charge in [0, 0.05) is 42.9 Å². The maximum absolute atomic E-state index is 11.8. The van der Waals surface area contributed by atoms with Crippen molar-refractivity contribution in [1.82, 2.24) is 9.88 Å². The Balaban J connectivity index is 1.04. The van der Waals surface area contributed by atoms with E-state index in [1.54, 1.807) is 13.2 Å². The molecule has 3 heterocycles. The number of anilines is 1. The minimum Gasteiger partial charge on any atom is -0.496 e. The van der Waals surface area contributed by atoms with E-state index in [0.29, 0.717) is 42.0 Å². The number of methoxy groups -OCH3 is 1. The smallest absolute Gasteiger partial charge is 0.320 e. The Morgan fingerprint density at radius 3 is 2.53 bits per heavy atom. The van der Waals surface area contributed by atoms with E-state index < -0.39 is 12.0 Å². The molecule has 0 bridgehead atoms. The van der Waals surface area contributed by atoms with Crippen LogP contribution >= 0.6 is 11.6 Å². The molecule has 1 N–H and O–H groups in total. The monoisotopic (exact) mass is 679 g/mol. The van der Waals surface area contributed by atoms with Crippen LogP contribution in [0.5, 0.6) is 11.5 Å². The summed E-state index contributed by atoms with van der Waals surface area (Å²) in [5.41, 5.74) is 8.14. The van der Waals surface area contributed by atoms with Crippen LogP contribution in [0.25, 0.3) is 22.2 Å². The van der Waals surface area contributed by atoms with Gasteiger partial charge < -0.3 is 23.9 Å². The molecule has 2 aliphatic rings. The van der Waals surface area contributed by atoms with Crippen molar-refractivity contribution in [3.63, 3.8) is 0 Å². The number of halogens is 1. The number of carboxylic acids is 1. The number of oxazole rings is 1. The Kier molecular flexibility index (Phi) is 9.78. The zero-order valence-corrected chi connectivity index (χ0v) is 28.8. The number of benzene rings is 4. The number of likely N-dealkylation sites (tertiary alicyclic amines) is 1. The first-order chi connectivity index (χ1) is 23.9. The number of para-hydroxylation sites is 1. The summed E-state index contributed by atoms with van der Waals surface area (Å²) in [6.07, 6.45) is 4.56. The number of carbonyl (C=O) groups is 1. The van der Waals surface area contributed by atoms with Gasteiger partial charge >= 0.3 is 5.97 Å². The molecule has 8 nitrogen and oxygen atoms in total. The summed E-state index contributed by atoms with van der Waals surface area (Å²) in [4.78, 5) is 21.2. The molecular formula is C40H42ClN3O5. The quantitative estimate of drug-likeness (QED) is 0.157. The number of hydrogen-bond acceptors (Lipinski definition) is 7. The second kappa shape index (κ2) is 14.5. The Morgan fingerprint density at radius 1 is 0.939 bits per heavy atom. The first kappa shape index (κ1) is 33.0. The van der Waals surface area contributed by atoms with Gasteiger partial charge in [0.05, 0.1) is 12.1 Å². The van der Waals surface area contributed by atoms with E-state index in [1.807, 2.05) is 23.1 Å². The molecule has 2 aliphatic heterocycles. The number of hydrogen-bond donors (Lipinski definition) is 1. The van der Waals surface area contributed by atoms with Crippen molar-refractivity contribution >= 4 is 34.4 Å². The molecule has 5 aromatic rings. The number of aromatic nitrogens is 1. The molecule has 2 saturated heterocycles. The topological polar surface area (TPSA) is 88.3 Å². The molecule has 1 aromatic heterocycles. The molecule has 0 aliphatic carbocycles. The van der Waals surface area contributed by atoms with Gasteiger partial charge in [-0.25, -0.2) is 4.98 Å². The van der Waals surface area contributed by atoms with Gasteiger partial charge in [0.1, 0.15) is 29.7 Å². The SMILES string of the molecule is COc1cc(OCc2cccc(-c3ccc4oc(C5CCN(c6ccccc6)CC5)nc4c3)c2C)c(Cl)cc1CN1CCCCC1C(=O)O. The Morgan fingerprint density at radius 2 is 1.76 bits per heavy atom. The minimum atomic E-state index is -0.789. The summed E-state index contributed by atoms with van der Waals surface area (Å²) in [7, 11) is 1.61. The van der Waals surface area contributed by atoms with Gasteiger partial charge in [0.25, 0.3) is 0 Å². The van der Waals surface area contributed by atoms with E-state index in [4.69, 9.17) is 30.5 Å². The highest BCUT2D eigenvalue weighted by atomic mass is 35.5. The number of fused-ring (bicyclic) bond motifs is 1. The number of ether oxygens (including phenoxy) is 2. The number of nitrogens with zero attached hydrogens (tertiary/aromatic N) is 3. The molecule has 49 heavy (non-hydrogen) atoms.